The predicted octanol–water partition coefficient (Wildman–Crippen LogP) is 3.88. The minimum Gasteiger partial charge on any atom is -0.301 e. The summed E-state index contributed by atoms with van der Waals surface area (Å²) in [4.78, 5) is 2.15. The molecule has 0 unspecified atom stereocenters. The molecule has 120 valence electrons. The fourth-order valence-electron chi connectivity index (χ4n) is 2.69. The third kappa shape index (κ3) is 3.70. The number of nitrogens with zero attached hydrogens (tertiary/aromatic N) is 4. The Bertz CT molecular complexity index is 816. The van der Waals surface area contributed by atoms with E-state index in [9.17, 15) is 0 Å². The van der Waals surface area contributed by atoms with Gasteiger partial charge < -0.3 is 4.90 Å². The van der Waals surface area contributed by atoms with Crippen molar-refractivity contribution in [3.05, 3.63) is 72.4 Å². The maximum Gasteiger partial charge on any atom is 0.0972 e. The highest BCUT2D eigenvalue weighted by Gasteiger charge is 2.13. The Morgan fingerprint density at radius 2 is 1.71 bits per heavy atom. The lowest BCUT2D eigenvalue weighted by Crippen LogP contribution is -2.18. The molecule has 0 aliphatic rings. The number of nitriles is 1. The fraction of sp³-hybridized carbons (Fsp3) is 0.200. The SMILES string of the molecule is CN(CCC#N)Cc1cn(-c2ccccc2)nc1-c1ccccc1. The zero-order valence-electron chi connectivity index (χ0n) is 13.8. The first-order valence-corrected chi connectivity index (χ1v) is 8.03. The van der Waals surface area contributed by atoms with Crippen LogP contribution in [0.25, 0.3) is 16.9 Å². The Balaban J connectivity index is 1.96. The normalized spacial score (nSPS) is 10.7. The van der Waals surface area contributed by atoms with E-state index in [1.165, 1.54) is 0 Å². The zero-order valence-corrected chi connectivity index (χ0v) is 13.8. The molecule has 4 heteroatoms. The molecule has 0 aliphatic carbocycles. The molecule has 0 bridgehead atoms. The number of para-hydroxylation sites is 1. The van der Waals surface area contributed by atoms with E-state index in [4.69, 9.17) is 10.4 Å². The van der Waals surface area contributed by atoms with Crippen molar-refractivity contribution >= 4 is 0 Å². The molecule has 0 amide bonds. The van der Waals surface area contributed by atoms with Crippen molar-refractivity contribution in [3.63, 3.8) is 0 Å². The molecule has 4 nitrogen and oxygen atoms in total. The molecule has 2 aromatic carbocycles. The van der Waals surface area contributed by atoms with E-state index < -0.39 is 0 Å². The Kier molecular flexibility index (Phi) is 5.05. The lowest BCUT2D eigenvalue weighted by molar-refractivity contribution is 0.335. The van der Waals surface area contributed by atoms with Crippen LogP contribution in [0, 0.1) is 11.3 Å². The molecular formula is C20H20N4. The van der Waals surface area contributed by atoms with Crippen LogP contribution in [-0.2, 0) is 6.54 Å². The highest BCUT2D eigenvalue weighted by molar-refractivity contribution is 5.63. The van der Waals surface area contributed by atoms with Crippen molar-refractivity contribution in [2.24, 2.45) is 0 Å². The van der Waals surface area contributed by atoms with E-state index in [1.807, 2.05) is 60.3 Å². The summed E-state index contributed by atoms with van der Waals surface area (Å²) in [6.45, 7) is 1.51. The van der Waals surface area contributed by atoms with Gasteiger partial charge in [0.05, 0.1) is 17.5 Å². The average Bonchev–Trinajstić information content (AvgIpc) is 3.05. The van der Waals surface area contributed by atoms with Crippen LogP contribution in [0.1, 0.15) is 12.0 Å². The van der Waals surface area contributed by atoms with E-state index in [0.29, 0.717) is 6.42 Å². The molecule has 3 rings (SSSR count). The van der Waals surface area contributed by atoms with Gasteiger partial charge in [-0.15, -0.1) is 0 Å². The van der Waals surface area contributed by atoms with Crippen LogP contribution < -0.4 is 0 Å². The smallest absolute Gasteiger partial charge is 0.0972 e. The van der Waals surface area contributed by atoms with Gasteiger partial charge >= 0.3 is 0 Å². The molecule has 0 spiro atoms. The van der Waals surface area contributed by atoms with Crippen LogP contribution in [0.2, 0.25) is 0 Å². The number of hydrogen-bond donors (Lipinski definition) is 0. The van der Waals surface area contributed by atoms with Gasteiger partial charge in [0.15, 0.2) is 0 Å². The lowest BCUT2D eigenvalue weighted by atomic mass is 10.1. The fourth-order valence-corrected chi connectivity index (χ4v) is 2.69. The average molecular weight is 316 g/mol. The van der Waals surface area contributed by atoms with Gasteiger partial charge in [-0.25, -0.2) is 4.68 Å². The summed E-state index contributed by atoms with van der Waals surface area (Å²) in [6, 6.07) is 22.5. The maximum atomic E-state index is 8.77. The highest BCUT2D eigenvalue weighted by atomic mass is 15.3. The van der Waals surface area contributed by atoms with Crippen LogP contribution in [0.5, 0.6) is 0 Å². The molecule has 0 N–H and O–H groups in total. The minimum atomic E-state index is 0.532. The summed E-state index contributed by atoms with van der Waals surface area (Å²) in [7, 11) is 2.03. The minimum absolute atomic E-state index is 0.532. The Hall–Kier alpha value is -2.90. The van der Waals surface area contributed by atoms with E-state index in [-0.39, 0.29) is 0 Å². The van der Waals surface area contributed by atoms with Crippen molar-refractivity contribution in [2.45, 2.75) is 13.0 Å². The summed E-state index contributed by atoms with van der Waals surface area (Å²) in [6.07, 6.45) is 2.62. The van der Waals surface area contributed by atoms with Crippen molar-refractivity contribution in [3.8, 4) is 23.0 Å². The van der Waals surface area contributed by atoms with Gasteiger partial charge in [-0.3, -0.25) is 0 Å². The number of hydrogen-bond acceptors (Lipinski definition) is 3. The molecule has 3 aromatic rings. The van der Waals surface area contributed by atoms with Gasteiger partial charge in [0.1, 0.15) is 0 Å². The summed E-state index contributed by atoms with van der Waals surface area (Å²) < 4.78 is 1.93. The van der Waals surface area contributed by atoms with Crippen LogP contribution in [-0.4, -0.2) is 28.3 Å². The molecule has 1 aromatic heterocycles. The van der Waals surface area contributed by atoms with Gasteiger partial charge in [-0.1, -0.05) is 48.5 Å². The number of benzene rings is 2. The molecule has 0 fully saturated rings. The molecular weight excluding hydrogens is 296 g/mol. The van der Waals surface area contributed by atoms with E-state index in [0.717, 1.165) is 35.6 Å². The van der Waals surface area contributed by atoms with Crippen LogP contribution >= 0.6 is 0 Å². The Labute approximate surface area is 142 Å². The second-order valence-electron chi connectivity index (χ2n) is 5.79. The van der Waals surface area contributed by atoms with Crippen molar-refractivity contribution in [2.75, 3.05) is 13.6 Å². The van der Waals surface area contributed by atoms with Crippen molar-refractivity contribution < 1.29 is 0 Å². The van der Waals surface area contributed by atoms with Gasteiger partial charge in [0.2, 0.25) is 0 Å². The second-order valence-corrected chi connectivity index (χ2v) is 5.79. The summed E-state index contributed by atoms with van der Waals surface area (Å²) in [5.41, 5.74) is 4.30. The van der Waals surface area contributed by atoms with Crippen molar-refractivity contribution in [1.82, 2.24) is 14.7 Å². The van der Waals surface area contributed by atoms with Gasteiger partial charge in [-0.2, -0.15) is 10.4 Å². The van der Waals surface area contributed by atoms with Crippen LogP contribution in [0.15, 0.2) is 66.9 Å². The molecule has 0 atom stereocenters. The monoisotopic (exact) mass is 316 g/mol. The molecule has 24 heavy (non-hydrogen) atoms. The third-order valence-electron chi connectivity index (χ3n) is 3.90. The predicted molar refractivity (Wildman–Crippen MR) is 95.6 cm³/mol. The van der Waals surface area contributed by atoms with Crippen LogP contribution in [0.3, 0.4) is 0 Å². The first-order valence-electron chi connectivity index (χ1n) is 8.03. The molecule has 0 radical (unpaired) electrons. The molecule has 0 aliphatic heterocycles. The zero-order chi connectivity index (χ0) is 16.8. The Morgan fingerprint density at radius 1 is 1.04 bits per heavy atom. The van der Waals surface area contributed by atoms with Gasteiger partial charge in [0.25, 0.3) is 0 Å². The van der Waals surface area contributed by atoms with Crippen LogP contribution in [0.4, 0.5) is 0 Å². The van der Waals surface area contributed by atoms with E-state index >= 15 is 0 Å². The molecule has 0 saturated carbocycles. The van der Waals surface area contributed by atoms with Gasteiger partial charge in [-0.05, 0) is 19.2 Å². The molecule has 0 saturated heterocycles. The largest absolute Gasteiger partial charge is 0.301 e. The summed E-state index contributed by atoms with van der Waals surface area (Å²) >= 11 is 0. The summed E-state index contributed by atoms with van der Waals surface area (Å²) in [5.74, 6) is 0. The third-order valence-corrected chi connectivity index (χ3v) is 3.90. The van der Waals surface area contributed by atoms with E-state index in [1.54, 1.807) is 0 Å². The quantitative estimate of drug-likeness (QED) is 0.693. The first-order chi connectivity index (χ1) is 11.8. The van der Waals surface area contributed by atoms with Gasteiger partial charge in [0, 0.05) is 36.8 Å². The van der Waals surface area contributed by atoms with E-state index in [2.05, 4.69) is 29.3 Å². The standard InChI is InChI=1S/C20H20N4/c1-23(14-8-13-21)15-18-16-24(19-11-6-3-7-12-19)22-20(18)17-9-4-2-5-10-17/h2-7,9-12,16H,8,14-15H2,1H3. The highest BCUT2D eigenvalue weighted by Crippen LogP contribution is 2.24. The lowest BCUT2D eigenvalue weighted by Gasteiger charge is -2.14. The topological polar surface area (TPSA) is 44.9 Å². The maximum absolute atomic E-state index is 8.77. The molecule has 1 heterocycles. The first kappa shape index (κ1) is 16.0. The second kappa shape index (κ2) is 7.58. The number of rotatable bonds is 6. The Morgan fingerprint density at radius 3 is 2.38 bits per heavy atom. The summed E-state index contributed by atoms with van der Waals surface area (Å²) in [5, 5.41) is 13.6. The number of aromatic nitrogens is 2. The van der Waals surface area contributed by atoms with Crippen molar-refractivity contribution in [1.29, 1.82) is 5.26 Å².